The van der Waals surface area contributed by atoms with E-state index in [4.69, 9.17) is 9.84 Å². The smallest absolute Gasteiger partial charge is 0.303 e. The Kier molecular flexibility index (Phi) is 6.94. The van der Waals surface area contributed by atoms with Crippen molar-refractivity contribution in [3.8, 4) is 0 Å². The number of unbranched alkanes of at least 4 members (excludes halogenated alkanes) is 4. The summed E-state index contributed by atoms with van der Waals surface area (Å²) in [4.78, 5) is 10.3. The van der Waals surface area contributed by atoms with Gasteiger partial charge in [0.2, 0.25) is 0 Å². The van der Waals surface area contributed by atoms with Gasteiger partial charge in [0.15, 0.2) is 0 Å². The fraction of sp³-hybridized carbons (Fsp3) is 0.786. The van der Waals surface area contributed by atoms with Crippen LogP contribution >= 0.6 is 0 Å². The molecule has 0 aromatic carbocycles. The standard InChI is InChI=1S/C14H24O3/c1-2-3-6-9-12-13(17-12)10-7-4-5-8-11-14(15)16/h7,10,12-13H,2-6,8-9,11H2,1H3,(H,15,16)/b10-7-. The zero-order chi connectivity index (χ0) is 12.5. The quantitative estimate of drug-likeness (QED) is 0.361. The number of aliphatic carboxylic acids is 1. The first-order chi connectivity index (χ1) is 8.24. The second-order valence-electron chi connectivity index (χ2n) is 4.70. The van der Waals surface area contributed by atoms with Crippen LogP contribution in [0.25, 0.3) is 0 Å². The van der Waals surface area contributed by atoms with Gasteiger partial charge in [-0.05, 0) is 25.7 Å². The van der Waals surface area contributed by atoms with Crippen LogP contribution < -0.4 is 0 Å². The summed E-state index contributed by atoms with van der Waals surface area (Å²) in [6, 6.07) is 0. The molecule has 1 fully saturated rings. The molecule has 3 nitrogen and oxygen atoms in total. The lowest BCUT2D eigenvalue weighted by Gasteiger charge is -1.93. The molecule has 0 aromatic rings. The molecule has 2 unspecified atom stereocenters. The minimum absolute atomic E-state index is 0.285. The first-order valence-electron chi connectivity index (χ1n) is 6.78. The number of carbonyl (C=O) groups is 1. The molecule has 1 saturated heterocycles. The summed E-state index contributed by atoms with van der Waals surface area (Å²) in [5, 5.41) is 8.47. The van der Waals surface area contributed by atoms with E-state index in [1.807, 2.05) is 0 Å². The van der Waals surface area contributed by atoms with Crippen molar-refractivity contribution < 1.29 is 14.6 Å². The zero-order valence-corrected chi connectivity index (χ0v) is 10.7. The lowest BCUT2D eigenvalue weighted by Crippen LogP contribution is -1.93. The highest BCUT2D eigenvalue weighted by Gasteiger charge is 2.35. The molecule has 1 N–H and O–H groups in total. The Bertz CT molecular complexity index is 248. The van der Waals surface area contributed by atoms with Gasteiger partial charge in [-0.2, -0.15) is 0 Å². The summed E-state index contributed by atoms with van der Waals surface area (Å²) in [7, 11) is 0. The van der Waals surface area contributed by atoms with Crippen LogP contribution in [0.4, 0.5) is 0 Å². The van der Waals surface area contributed by atoms with Gasteiger partial charge in [0.25, 0.3) is 0 Å². The molecule has 0 aliphatic carbocycles. The average Bonchev–Trinajstić information content (AvgIpc) is 3.02. The van der Waals surface area contributed by atoms with Crippen molar-refractivity contribution in [2.24, 2.45) is 0 Å². The Hall–Kier alpha value is -0.830. The van der Waals surface area contributed by atoms with Gasteiger partial charge in [0, 0.05) is 6.42 Å². The predicted octanol–water partition coefficient (Wildman–Crippen LogP) is 3.54. The van der Waals surface area contributed by atoms with E-state index in [0.717, 1.165) is 19.3 Å². The van der Waals surface area contributed by atoms with Crippen molar-refractivity contribution in [3.05, 3.63) is 12.2 Å². The molecule has 0 saturated carbocycles. The second-order valence-corrected chi connectivity index (χ2v) is 4.70. The van der Waals surface area contributed by atoms with Gasteiger partial charge in [0.05, 0.1) is 6.10 Å². The molecule has 1 heterocycles. The van der Waals surface area contributed by atoms with Gasteiger partial charge in [-0.1, -0.05) is 38.3 Å². The molecule has 1 aliphatic rings. The molecule has 17 heavy (non-hydrogen) atoms. The Morgan fingerprint density at radius 2 is 2.12 bits per heavy atom. The Morgan fingerprint density at radius 1 is 1.29 bits per heavy atom. The molecule has 0 radical (unpaired) electrons. The molecule has 0 aromatic heterocycles. The molecule has 3 heteroatoms. The maximum Gasteiger partial charge on any atom is 0.303 e. The van der Waals surface area contributed by atoms with Crippen LogP contribution in [0.5, 0.6) is 0 Å². The Balaban J connectivity index is 1.91. The van der Waals surface area contributed by atoms with Crippen molar-refractivity contribution >= 4 is 5.97 Å². The fourth-order valence-electron chi connectivity index (χ4n) is 1.92. The van der Waals surface area contributed by atoms with Crippen molar-refractivity contribution in [2.45, 2.75) is 70.5 Å². The summed E-state index contributed by atoms with van der Waals surface area (Å²) >= 11 is 0. The minimum atomic E-state index is -0.699. The second kappa shape index (κ2) is 8.29. The average molecular weight is 240 g/mol. The predicted molar refractivity (Wildman–Crippen MR) is 68.0 cm³/mol. The molecule has 1 rings (SSSR count). The number of carboxylic acid groups (broad SMARTS) is 1. The summed E-state index contributed by atoms with van der Waals surface area (Å²) in [5.41, 5.74) is 0. The van der Waals surface area contributed by atoms with Crippen molar-refractivity contribution in [1.29, 1.82) is 0 Å². The van der Waals surface area contributed by atoms with Crippen LogP contribution in [-0.2, 0) is 9.53 Å². The highest BCUT2D eigenvalue weighted by molar-refractivity contribution is 5.66. The normalized spacial score (nSPS) is 23.1. The van der Waals surface area contributed by atoms with E-state index in [0.29, 0.717) is 12.2 Å². The largest absolute Gasteiger partial charge is 0.481 e. The third-order valence-electron chi connectivity index (χ3n) is 3.05. The van der Waals surface area contributed by atoms with Crippen LogP contribution in [0.3, 0.4) is 0 Å². The number of hydrogen-bond donors (Lipinski definition) is 1. The van der Waals surface area contributed by atoms with E-state index in [1.165, 1.54) is 25.7 Å². The molecule has 0 bridgehead atoms. The number of carboxylic acids is 1. The van der Waals surface area contributed by atoms with Crippen LogP contribution in [0.1, 0.15) is 58.3 Å². The first kappa shape index (κ1) is 14.2. The van der Waals surface area contributed by atoms with Crippen molar-refractivity contribution in [3.63, 3.8) is 0 Å². The lowest BCUT2D eigenvalue weighted by molar-refractivity contribution is -0.137. The first-order valence-corrected chi connectivity index (χ1v) is 6.78. The molecule has 98 valence electrons. The van der Waals surface area contributed by atoms with Gasteiger partial charge < -0.3 is 9.84 Å². The molecule has 0 spiro atoms. The Morgan fingerprint density at radius 3 is 2.82 bits per heavy atom. The lowest BCUT2D eigenvalue weighted by atomic mass is 10.1. The number of hydrogen-bond acceptors (Lipinski definition) is 2. The minimum Gasteiger partial charge on any atom is -0.481 e. The maximum atomic E-state index is 10.3. The zero-order valence-electron chi connectivity index (χ0n) is 10.7. The molecular formula is C14H24O3. The Labute approximate surface area is 104 Å². The van der Waals surface area contributed by atoms with Crippen LogP contribution in [0, 0.1) is 0 Å². The van der Waals surface area contributed by atoms with Crippen LogP contribution in [-0.4, -0.2) is 23.3 Å². The molecular weight excluding hydrogens is 216 g/mol. The van der Waals surface area contributed by atoms with Gasteiger partial charge in [-0.25, -0.2) is 0 Å². The highest BCUT2D eigenvalue weighted by atomic mass is 16.6. The molecule has 0 amide bonds. The molecule has 2 atom stereocenters. The summed E-state index contributed by atoms with van der Waals surface area (Å²) in [6.45, 7) is 2.21. The van der Waals surface area contributed by atoms with Gasteiger partial charge in [-0.3, -0.25) is 4.79 Å². The van der Waals surface area contributed by atoms with E-state index in [-0.39, 0.29) is 6.42 Å². The van der Waals surface area contributed by atoms with Crippen LogP contribution in [0.2, 0.25) is 0 Å². The van der Waals surface area contributed by atoms with Gasteiger partial charge >= 0.3 is 5.97 Å². The third-order valence-corrected chi connectivity index (χ3v) is 3.05. The van der Waals surface area contributed by atoms with E-state index in [1.54, 1.807) is 0 Å². The summed E-state index contributed by atoms with van der Waals surface area (Å²) in [5.74, 6) is -0.699. The summed E-state index contributed by atoms with van der Waals surface area (Å²) < 4.78 is 5.53. The van der Waals surface area contributed by atoms with Crippen molar-refractivity contribution in [2.75, 3.05) is 0 Å². The monoisotopic (exact) mass is 240 g/mol. The van der Waals surface area contributed by atoms with E-state index in [2.05, 4.69) is 19.1 Å². The SMILES string of the molecule is CCCCCC1OC1/C=C\CCCCC(=O)O. The topological polar surface area (TPSA) is 49.8 Å². The highest BCUT2D eigenvalue weighted by Crippen LogP contribution is 2.28. The van der Waals surface area contributed by atoms with E-state index in [9.17, 15) is 4.79 Å². The van der Waals surface area contributed by atoms with Gasteiger partial charge in [0.1, 0.15) is 6.10 Å². The summed E-state index contributed by atoms with van der Waals surface area (Å²) in [6.07, 6.45) is 13.0. The number of ether oxygens (including phenoxy) is 1. The van der Waals surface area contributed by atoms with Crippen LogP contribution in [0.15, 0.2) is 12.2 Å². The maximum absolute atomic E-state index is 10.3. The number of rotatable bonds is 10. The molecule has 1 aliphatic heterocycles. The van der Waals surface area contributed by atoms with Gasteiger partial charge in [-0.15, -0.1) is 0 Å². The fourth-order valence-corrected chi connectivity index (χ4v) is 1.92. The van der Waals surface area contributed by atoms with E-state index < -0.39 is 5.97 Å². The third kappa shape index (κ3) is 7.16. The van der Waals surface area contributed by atoms with Crippen molar-refractivity contribution in [1.82, 2.24) is 0 Å². The van der Waals surface area contributed by atoms with E-state index >= 15 is 0 Å². The number of allylic oxidation sites excluding steroid dienone is 1. The number of epoxide rings is 1.